The molecule has 1 aliphatic rings. The Kier molecular flexibility index (Phi) is 9.90. The van der Waals surface area contributed by atoms with E-state index in [-0.39, 0.29) is 12.4 Å². The summed E-state index contributed by atoms with van der Waals surface area (Å²) in [6, 6.07) is 4.45. The first kappa shape index (κ1) is 25.7. The smallest absolute Gasteiger partial charge is 0.115 e. The number of hydrogen-bond donors (Lipinski definition) is 2. The second-order valence-electron chi connectivity index (χ2n) is 9.44. The van der Waals surface area contributed by atoms with E-state index in [0.717, 1.165) is 60.3 Å². The van der Waals surface area contributed by atoms with Gasteiger partial charge in [0.15, 0.2) is 0 Å². The van der Waals surface area contributed by atoms with Crippen LogP contribution in [0.15, 0.2) is 48.3 Å². The van der Waals surface area contributed by atoms with E-state index in [4.69, 9.17) is 11.6 Å². The third-order valence-electron chi connectivity index (χ3n) is 7.26. The minimum Gasteiger partial charge on any atom is -0.508 e. The summed E-state index contributed by atoms with van der Waals surface area (Å²) in [5, 5.41) is 20.5. The summed E-state index contributed by atoms with van der Waals surface area (Å²) < 4.78 is 0. The Bertz CT molecular complexity index is 801. The molecule has 1 aliphatic carbocycles. The highest BCUT2D eigenvalue weighted by Gasteiger charge is 2.31. The molecule has 31 heavy (non-hydrogen) atoms. The van der Waals surface area contributed by atoms with Crippen LogP contribution in [-0.4, -0.2) is 16.8 Å². The fourth-order valence-electron chi connectivity index (χ4n) is 5.54. The maximum atomic E-state index is 9.96. The fraction of sp³-hybridized carbons (Fsp3) is 0.571. The zero-order valence-electron chi connectivity index (χ0n) is 19.9. The lowest BCUT2D eigenvalue weighted by Gasteiger charge is -2.37. The minimum absolute atomic E-state index is 0.0837. The summed E-state index contributed by atoms with van der Waals surface area (Å²) in [5.41, 5.74) is 5.51. The highest BCUT2D eigenvalue weighted by Crippen LogP contribution is 2.43. The van der Waals surface area contributed by atoms with E-state index in [1.54, 1.807) is 0 Å². The summed E-state index contributed by atoms with van der Waals surface area (Å²) in [4.78, 5) is 0. The molecule has 0 spiro atoms. The molecule has 0 bridgehead atoms. The topological polar surface area (TPSA) is 40.5 Å². The van der Waals surface area contributed by atoms with Crippen LogP contribution in [-0.2, 0) is 6.42 Å². The van der Waals surface area contributed by atoms with Crippen molar-refractivity contribution >= 4 is 11.6 Å². The predicted molar refractivity (Wildman–Crippen MR) is 134 cm³/mol. The summed E-state index contributed by atoms with van der Waals surface area (Å²) in [7, 11) is 0. The molecule has 1 aromatic rings. The van der Waals surface area contributed by atoms with Gasteiger partial charge < -0.3 is 10.2 Å². The van der Waals surface area contributed by atoms with Gasteiger partial charge in [0.2, 0.25) is 0 Å². The van der Waals surface area contributed by atoms with Crippen molar-refractivity contribution in [1.29, 1.82) is 0 Å². The monoisotopic (exact) mass is 444 g/mol. The number of hydrogen-bond acceptors (Lipinski definition) is 2. The van der Waals surface area contributed by atoms with Crippen LogP contribution in [0.3, 0.4) is 0 Å². The second-order valence-corrected chi connectivity index (χ2v) is 9.84. The third-order valence-corrected chi connectivity index (χ3v) is 7.66. The molecule has 0 heterocycles. The van der Waals surface area contributed by atoms with Crippen molar-refractivity contribution in [1.82, 2.24) is 0 Å². The predicted octanol–water partition coefficient (Wildman–Crippen LogP) is 8.08. The average molecular weight is 445 g/mol. The van der Waals surface area contributed by atoms with Gasteiger partial charge in [0.25, 0.3) is 0 Å². The van der Waals surface area contributed by atoms with Crippen LogP contribution in [0.1, 0.15) is 81.9 Å². The number of aryl methyl sites for hydroxylation is 1. The number of rotatable bonds is 9. The third kappa shape index (κ3) is 6.49. The van der Waals surface area contributed by atoms with Crippen molar-refractivity contribution in [3.05, 3.63) is 70.0 Å². The van der Waals surface area contributed by atoms with E-state index in [2.05, 4.69) is 46.1 Å². The van der Waals surface area contributed by atoms with Gasteiger partial charge in [-0.05, 0) is 98.0 Å². The summed E-state index contributed by atoms with van der Waals surface area (Å²) in [6.07, 6.45) is 9.12. The Balaban J connectivity index is 2.45. The van der Waals surface area contributed by atoms with Crippen LogP contribution in [0.25, 0.3) is 0 Å². The van der Waals surface area contributed by atoms with Crippen LogP contribution in [0, 0.1) is 24.7 Å². The number of aliphatic hydroxyl groups is 2. The molecule has 0 aliphatic heterocycles. The zero-order chi connectivity index (χ0) is 23.1. The molecule has 3 heteroatoms. The Morgan fingerprint density at radius 1 is 1.26 bits per heavy atom. The van der Waals surface area contributed by atoms with Crippen LogP contribution >= 0.6 is 11.6 Å². The van der Waals surface area contributed by atoms with Crippen molar-refractivity contribution in [3.63, 3.8) is 0 Å². The van der Waals surface area contributed by atoms with Crippen molar-refractivity contribution in [3.8, 4) is 0 Å². The molecule has 172 valence electrons. The molecule has 2 N–H and O–H groups in total. The average Bonchev–Trinajstić information content (AvgIpc) is 2.70. The first-order valence-electron chi connectivity index (χ1n) is 11.9. The van der Waals surface area contributed by atoms with Gasteiger partial charge in [0, 0.05) is 17.2 Å². The number of fused-ring (bicyclic) bond motifs is 1. The Labute approximate surface area is 194 Å². The Morgan fingerprint density at radius 3 is 2.55 bits per heavy atom. The molecule has 0 amide bonds. The summed E-state index contributed by atoms with van der Waals surface area (Å²) in [6.45, 7) is 16.9. The minimum atomic E-state index is 0.0837. The molecule has 2 rings (SSSR count). The molecule has 1 aromatic carbocycles. The standard InChI is InChI=1S/C28H41ClO2/c1-7-9-22(12-13-30)26-16-24-15-20(5)28(29)17-27(24)23(11-10-18(26)3)14-19(4)25(8-2)21(6)31/h8,15,17-18,22-23,26,30-31H,4,6-7,9-14,16H2,1-3,5H3/b25-8+. The molecule has 4 unspecified atom stereocenters. The molecule has 0 fully saturated rings. The first-order valence-corrected chi connectivity index (χ1v) is 12.2. The van der Waals surface area contributed by atoms with Gasteiger partial charge in [0.1, 0.15) is 5.76 Å². The largest absolute Gasteiger partial charge is 0.508 e. The van der Waals surface area contributed by atoms with Crippen LogP contribution in [0.2, 0.25) is 5.02 Å². The summed E-state index contributed by atoms with van der Waals surface area (Å²) >= 11 is 6.59. The van der Waals surface area contributed by atoms with E-state index in [1.807, 2.05) is 13.0 Å². The van der Waals surface area contributed by atoms with Gasteiger partial charge in [-0.3, -0.25) is 0 Å². The van der Waals surface area contributed by atoms with E-state index in [1.165, 1.54) is 17.5 Å². The van der Waals surface area contributed by atoms with Gasteiger partial charge in [-0.2, -0.15) is 0 Å². The normalized spacial score (nSPS) is 22.9. The van der Waals surface area contributed by atoms with E-state index in [9.17, 15) is 10.2 Å². The van der Waals surface area contributed by atoms with Crippen LogP contribution in [0.5, 0.6) is 0 Å². The van der Waals surface area contributed by atoms with Crippen molar-refractivity contribution in [2.75, 3.05) is 6.61 Å². The molecule has 2 nitrogen and oxygen atoms in total. The maximum Gasteiger partial charge on any atom is 0.115 e. The second kappa shape index (κ2) is 11.9. The van der Waals surface area contributed by atoms with Gasteiger partial charge >= 0.3 is 0 Å². The lowest BCUT2D eigenvalue weighted by Crippen LogP contribution is -2.28. The fourth-order valence-corrected chi connectivity index (χ4v) is 5.71. The number of allylic oxidation sites excluding steroid dienone is 2. The Hall–Kier alpha value is -1.51. The first-order chi connectivity index (χ1) is 14.7. The van der Waals surface area contributed by atoms with Crippen LogP contribution in [0.4, 0.5) is 0 Å². The molecule has 0 saturated carbocycles. The van der Waals surface area contributed by atoms with Gasteiger partial charge in [-0.1, -0.05) is 63.6 Å². The van der Waals surface area contributed by atoms with Gasteiger partial charge in [-0.25, -0.2) is 0 Å². The molecular weight excluding hydrogens is 404 g/mol. The van der Waals surface area contributed by atoms with Crippen LogP contribution < -0.4 is 0 Å². The highest BCUT2D eigenvalue weighted by atomic mass is 35.5. The van der Waals surface area contributed by atoms with Gasteiger partial charge in [0.05, 0.1) is 0 Å². The molecule has 4 atom stereocenters. The van der Waals surface area contributed by atoms with Crippen molar-refractivity contribution in [2.24, 2.45) is 17.8 Å². The van der Waals surface area contributed by atoms with E-state index >= 15 is 0 Å². The van der Waals surface area contributed by atoms with Crippen molar-refractivity contribution in [2.45, 2.75) is 78.6 Å². The number of aliphatic hydroxyl groups excluding tert-OH is 2. The highest BCUT2D eigenvalue weighted by molar-refractivity contribution is 6.31. The van der Waals surface area contributed by atoms with Crippen molar-refractivity contribution < 1.29 is 10.2 Å². The quantitative estimate of drug-likeness (QED) is 0.298. The van der Waals surface area contributed by atoms with E-state index < -0.39 is 0 Å². The molecular formula is C28H41ClO2. The molecule has 0 saturated heterocycles. The molecule has 0 radical (unpaired) electrons. The molecule has 0 aromatic heterocycles. The van der Waals surface area contributed by atoms with E-state index in [0.29, 0.717) is 23.7 Å². The number of halogens is 1. The SMILES string of the molecule is C=C(O)/C(=C/C)C(=C)CC1CCC(C)C(C(CCC)CCO)Cc2cc(C)c(Cl)cc21. The zero-order valence-corrected chi connectivity index (χ0v) is 20.6. The number of benzene rings is 1. The van der Waals surface area contributed by atoms with Gasteiger partial charge in [-0.15, -0.1) is 0 Å². The maximum absolute atomic E-state index is 9.96. The lowest BCUT2D eigenvalue weighted by molar-refractivity contribution is 0.159. The lowest BCUT2D eigenvalue weighted by atomic mass is 9.69. The summed E-state index contributed by atoms with van der Waals surface area (Å²) in [5.74, 6) is 2.12. The Morgan fingerprint density at radius 2 is 1.97 bits per heavy atom.